The van der Waals surface area contributed by atoms with Crippen molar-refractivity contribution in [2.45, 2.75) is 38.7 Å². The van der Waals surface area contributed by atoms with E-state index in [1.807, 2.05) is 0 Å². The lowest BCUT2D eigenvalue weighted by atomic mass is 9.88. The van der Waals surface area contributed by atoms with Crippen molar-refractivity contribution in [2.75, 3.05) is 0 Å². The minimum absolute atomic E-state index is 0.0573. The molecule has 15 heteroatoms. The Bertz CT molecular complexity index is 1830. The van der Waals surface area contributed by atoms with E-state index in [9.17, 15) is 18.4 Å². The summed E-state index contributed by atoms with van der Waals surface area (Å²) in [5.74, 6) is -2.59. The second-order valence-electron chi connectivity index (χ2n) is 10.1. The fourth-order valence-electron chi connectivity index (χ4n) is 5.07. The molecule has 2 unspecified atom stereocenters. The predicted octanol–water partition coefficient (Wildman–Crippen LogP) is 4.90. The van der Waals surface area contributed by atoms with Gasteiger partial charge in [-0.25, -0.2) is 9.07 Å². The molecule has 5 rings (SSSR count). The number of hydrogen-bond acceptors (Lipinski definition) is 7. The molecule has 10 nitrogen and oxygen atoms in total. The van der Waals surface area contributed by atoms with E-state index in [2.05, 4.69) is 20.6 Å². The van der Waals surface area contributed by atoms with Crippen LogP contribution in [0.4, 0.5) is 13.2 Å². The number of carbonyl (C=O) groups excluding carboxylic acids is 1. The molecule has 2 bridgehead atoms. The maximum atomic E-state index is 15.4. The standard InChI is InChI=1S/C29H24Cl2F3N7O3/c1-14-3-2-4-16(19-9-15(7-8-36-19)27(38-29(33)34)20(11-35)37-28(14)43)17-13-44-23(10-22(17)42)25-21(6-5-18(30)26(25)32)41-12-24(31)39-40-41/h5-14,16,29,35,38H,2-4H2,1H3,(H,37,43)/p+1. The minimum Gasteiger partial charge on any atom is -0.464 e. The Kier molecular flexibility index (Phi) is 9.28. The molecule has 1 amide bonds. The van der Waals surface area contributed by atoms with E-state index in [0.717, 1.165) is 12.3 Å². The van der Waals surface area contributed by atoms with Crippen LogP contribution in [0.25, 0.3) is 22.7 Å². The van der Waals surface area contributed by atoms with E-state index in [4.69, 9.17) is 33.0 Å². The first-order valence-electron chi connectivity index (χ1n) is 13.4. The van der Waals surface area contributed by atoms with E-state index < -0.39 is 35.5 Å². The number of rotatable bonds is 6. The van der Waals surface area contributed by atoms with Crippen LogP contribution in [0.3, 0.4) is 0 Å². The zero-order chi connectivity index (χ0) is 31.5. The quantitative estimate of drug-likeness (QED) is 0.201. The number of quaternary nitrogens is 1. The molecule has 0 radical (unpaired) electrons. The highest BCUT2D eigenvalue weighted by Crippen LogP contribution is 2.35. The number of nitrogens with zero attached hydrogens (tertiary/aromatic N) is 4. The second-order valence-corrected chi connectivity index (χ2v) is 10.9. The molecule has 1 aromatic carbocycles. The van der Waals surface area contributed by atoms with Crippen molar-refractivity contribution in [3.63, 3.8) is 0 Å². The summed E-state index contributed by atoms with van der Waals surface area (Å²) in [5, 5.41) is 18.5. The molecule has 0 spiro atoms. The van der Waals surface area contributed by atoms with Crippen LogP contribution in [-0.4, -0.2) is 38.6 Å². The average molecular weight is 647 g/mol. The van der Waals surface area contributed by atoms with Crippen molar-refractivity contribution < 1.29 is 27.7 Å². The molecule has 4 N–H and O–H groups in total. The average Bonchev–Trinajstić information content (AvgIpc) is 3.43. The Morgan fingerprint density at radius 1 is 1.20 bits per heavy atom. The molecule has 228 valence electrons. The summed E-state index contributed by atoms with van der Waals surface area (Å²) in [5.41, 5.74) is 0.231. The van der Waals surface area contributed by atoms with Crippen LogP contribution >= 0.6 is 23.2 Å². The number of halogens is 5. The van der Waals surface area contributed by atoms with Gasteiger partial charge >= 0.3 is 6.55 Å². The van der Waals surface area contributed by atoms with Crippen molar-refractivity contribution in [3.05, 3.63) is 97.7 Å². The van der Waals surface area contributed by atoms with Gasteiger partial charge in [0.05, 0.1) is 28.7 Å². The highest BCUT2D eigenvalue weighted by molar-refractivity contribution is 6.31. The van der Waals surface area contributed by atoms with Crippen molar-refractivity contribution in [2.24, 2.45) is 5.92 Å². The van der Waals surface area contributed by atoms with Gasteiger partial charge in [-0.1, -0.05) is 41.8 Å². The largest absolute Gasteiger partial charge is 0.464 e. The van der Waals surface area contributed by atoms with Crippen LogP contribution in [0.2, 0.25) is 10.2 Å². The third-order valence-electron chi connectivity index (χ3n) is 7.28. The predicted molar refractivity (Wildman–Crippen MR) is 156 cm³/mol. The highest BCUT2D eigenvalue weighted by Gasteiger charge is 2.27. The first-order valence-corrected chi connectivity index (χ1v) is 14.2. The van der Waals surface area contributed by atoms with Crippen molar-refractivity contribution in [1.29, 1.82) is 5.41 Å². The van der Waals surface area contributed by atoms with E-state index in [-0.39, 0.29) is 49.7 Å². The van der Waals surface area contributed by atoms with Gasteiger partial charge in [0.1, 0.15) is 11.5 Å². The van der Waals surface area contributed by atoms with Crippen molar-refractivity contribution >= 4 is 41.0 Å². The number of allylic oxidation sites excluding steroid dienone is 1. The molecule has 3 aromatic heterocycles. The lowest BCUT2D eigenvalue weighted by Gasteiger charge is -2.21. The first-order chi connectivity index (χ1) is 21.1. The van der Waals surface area contributed by atoms with Crippen LogP contribution in [0.1, 0.15) is 48.9 Å². The molecule has 0 aliphatic carbocycles. The first kappa shape index (κ1) is 31.1. The number of carbonyl (C=O) groups is 1. The number of benzene rings is 1. The van der Waals surface area contributed by atoms with Crippen LogP contribution < -0.4 is 16.1 Å². The number of hydrogen-bond donors (Lipinski definition) is 3. The Labute approximate surface area is 258 Å². The molecule has 0 saturated carbocycles. The van der Waals surface area contributed by atoms with Gasteiger partial charge in [-0.05, 0) is 37.1 Å². The fraction of sp³-hybridized carbons (Fsp3) is 0.241. The molecule has 0 fully saturated rings. The zero-order valence-electron chi connectivity index (χ0n) is 23.0. The van der Waals surface area contributed by atoms with Gasteiger partial charge in [-0.15, -0.1) is 5.10 Å². The number of nitrogens with two attached hydrogens (primary N) is 1. The van der Waals surface area contributed by atoms with E-state index in [0.29, 0.717) is 30.3 Å². The second kappa shape index (κ2) is 13.1. The van der Waals surface area contributed by atoms with Gasteiger partial charge < -0.3 is 15.1 Å². The number of amides is 1. The Morgan fingerprint density at radius 3 is 2.68 bits per heavy atom. The summed E-state index contributed by atoms with van der Waals surface area (Å²) < 4.78 is 49.6. The van der Waals surface area contributed by atoms with Gasteiger partial charge in [-0.2, -0.15) is 8.78 Å². The smallest absolute Gasteiger partial charge is 0.382 e. The molecule has 4 aromatic rings. The number of alkyl halides is 2. The summed E-state index contributed by atoms with van der Waals surface area (Å²) in [7, 11) is 0. The van der Waals surface area contributed by atoms with E-state index in [1.54, 1.807) is 6.92 Å². The number of aromatic nitrogens is 4. The van der Waals surface area contributed by atoms with Gasteiger partial charge in [0.2, 0.25) is 5.91 Å². The normalized spacial score (nSPS) is 17.7. The van der Waals surface area contributed by atoms with Gasteiger partial charge in [0.25, 0.3) is 0 Å². The van der Waals surface area contributed by atoms with Crippen molar-refractivity contribution in [3.8, 4) is 17.0 Å². The number of nitrogens with one attached hydrogen (secondary N) is 2. The Morgan fingerprint density at radius 2 is 2.00 bits per heavy atom. The lowest BCUT2D eigenvalue weighted by molar-refractivity contribution is -0.660. The van der Waals surface area contributed by atoms with E-state index in [1.165, 1.54) is 47.6 Å². The molecule has 44 heavy (non-hydrogen) atoms. The molecule has 0 saturated heterocycles. The van der Waals surface area contributed by atoms with Crippen LogP contribution in [-0.2, 0) is 4.79 Å². The zero-order valence-corrected chi connectivity index (χ0v) is 24.5. The molecular formula is C29H25Cl2F3N7O3+. The summed E-state index contributed by atoms with van der Waals surface area (Å²) in [6, 6.07) is 6.94. The van der Waals surface area contributed by atoms with Crippen LogP contribution in [0.15, 0.2) is 63.9 Å². The van der Waals surface area contributed by atoms with Crippen LogP contribution in [0, 0.1) is 17.1 Å². The molecule has 1 aliphatic rings. The fourth-order valence-corrected chi connectivity index (χ4v) is 5.35. The summed E-state index contributed by atoms with van der Waals surface area (Å²) in [6.45, 7) is -1.19. The molecular weight excluding hydrogens is 622 g/mol. The highest BCUT2D eigenvalue weighted by atomic mass is 35.5. The summed E-state index contributed by atoms with van der Waals surface area (Å²) in [4.78, 5) is 30.9. The summed E-state index contributed by atoms with van der Waals surface area (Å²) >= 11 is 12.0. The van der Waals surface area contributed by atoms with Crippen molar-refractivity contribution in [1.82, 2.24) is 25.3 Å². The maximum Gasteiger partial charge on any atom is 0.382 e. The van der Waals surface area contributed by atoms with E-state index >= 15 is 4.39 Å². The van der Waals surface area contributed by atoms with Gasteiger partial charge in [0.15, 0.2) is 22.1 Å². The lowest BCUT2D eigenvalue weighted by Crippen LogP contribution is -2.85. The molecule has 4 heterocycles. The Balaban J connectivity index is 1.63. The maximum absolute atomic E-state index is 15.4. The molecule has 1 aliphatic heterocycles. The van der Waals surface area contributed by atoms with Gasteiger partial charge in [0, 0.05) is 47.1 Å². The topological polar surface area (TPSA) is 143 Å². The van der Waals surface area contributed by atoms with Gasteiger partial charge in [-0.3, -0.25) is 19.9 Å². The molecule has 2 atom stereocenters. The summed E-state index contributed by atoms with van der Waals surface area (Å²) in [6.07, 6.45) is 6.04. The third kappa shape index (κ3) is 6.44. The monoisotopic (exact) mass is 646 g/mol. The Hall–Kier alpha value is -4.33. The van der Waals surface area contributed by atoms with Crippen LogP contribution in [0.5, 0.6) is 0 Å². The SMILES string of the molecule is CC1CCCC(c2coc(-c3c(-n4cc(Cl)nn4)ccc(Cl)c3F)cc2=O)c2cc(ccn2)C([NH2+]C(F)F)=C(C=N)NC1=O. The number of fused-ring (bicyclic) bond motifs is 2. The number of pyridine rings is 1. The third-order valence-corrected chi connectivity index (χ3v) is 7.74. The minimum atomic E-state index is -2.88.